The van der Waals surface area contributed by atoms with Crippen LogP contribution in [0.15, 0.2) is 82.7 Å². The Labute approximate surface area is 201 Å². The van der Waals surface area contributed by atoms with Crippen molar-refractivity contribution in [2.45, 2.75) is 26.7 Å². The molecule has 0 spiro atoms. The van der Waals surface area contributed by atoms with Crippen LogP contribution in [0.2, 0.25) is 0 Å². The van der Waals surface area contributed by atoms with Crippen molar-refractivity contribution in [3.63, 3.8) is 0 Å². The van der Waals surface area contributed by atoms with Gasteiger partial charge in [-0.15, -0.1) is 0 Å². The van der Waals surface area contributed by atoms with E-state index in [0.29, 0.717) is 0 Å². The third-order valence-electron chi connectivity index (χ3n) is 5.95. The number of nitrogens with one attached hydrogen (secondary N) is 2. The first-order valence-electron chi connectivity index (χ1n) is 11.6. The van der Waals surface area contributed by atoms with Crippen LogP contribution in [-0.4, -0.2) is 35.0 Å². The van der Waals surface area contributed by atoms with Crippen molar-refractivity contribution >= 4 is 18.9 Å². The molecule has 0 fully saturated rings. The number of aliphatic imine (C=N–C) groups is 1. The molecule has 34 heavy (non-hydrogen) atoms. The van der Waals surface area contributed by atoms with E-state index in [9.17, 15) is 0 Å². The summed E-state index contributed by atoms with van der Waals surface area (Å²) in [5.41, 5.74) is 8.43. The Morgan fingerprint density at radius 2 is 2.12 bits per heavy atom. The maximum absolute atomic E-state index is 4.67. The Hall–Kier alpha value is -3.83. The highest BCUT2D eigenvalue weighted by atomic mass is 15.1. The number of hydrogen-bond acceptors (Lipinski definition) is 4. The second-order valence-corrected chi connectivity index (χ2v) is 8.41. The van der Waals surface area contributed by atoms with Gasteiger partial charge >= 0.3 is 0 Å². The Bertz CT molecular complexity index is 1400. The van der Waals surface area contributed by atoms with E-state index in [-0.39, 0.29) is 0 Å². The number of hydrogen-bond donors (Lipinski definition) is 2. The molecular formula is C29H31N5. The number of benzene rings is 1. The van der Waals surface area contributed by atoms with Gasteiger partial charge in [-0.1, -0.05) is 36.9 Å². The highest BCUT2D eigenvalue weighted by Gasteiger charge is 2.11. The van der Waals surface area contributed by atoms with Crippen molar-refractivity contribution in [1.82, 2.24) is 20.5 Å². The van der Waals surface area contributed by atoms with Gasteiger partial charge in [-0.3, -0.25) is 15.1 Å². The van der Waals surface area contributed by atoms with Gasteiger partial charge in [-0.2, -0.15) is 5.10 Å². The standard InChI is InChI=1S/C29H31N5/c1-5-23(25-12-10-22(13-14-30-4)17-31-18-25)15-26-16-24(11-9-20(26)2)27-19-32-34-29(27)28-8-6-7-21(3)33-28/h5-9,11-12,15-19,30H,2,10,13-14H2,1,3-4H3,(H,32,34)/b23-5+,26-15-. The van der Waals surface area contributed by atoms with Crippen LogP contribution in [0.1, 0.15) is 25.5 Å². The van der Waals surface area contributed by atoms with Crippen LogP contribution in [0, 0.1) is 6.92 Å². The third kappa shape index (κ3) is 5.38. The molecule has 3 aromatic rings. The van der Waals surface area contributed by atoms with Crippen LogP contribution < -0.4 is 15.8 Å². The molecule has 0 amide bonds. The van der Waals surface area contributed by atoms with Crippen molar-refractivity contribution in [2.24, 2.45) is 4.99 Å². The lowest BCUT2D eigenvalue weighted by atomic mass is 9.99. The van der Waals surface area contributed by atoms with Crippen LogP contribution >= 0.6 is 0 Å². The summed E-state index contributed by atoms with van der Waals surface area (Å²) in [7, 11) is 1.98. The molecule has 2 N–H and O–H groups in total. The number of aromatic nitrogens is 3. The fourth-order valence-electron chi connectivity index (χ4n) is 3.99. The molecule has 1 aromatic carbocycles. The topological polar surface area (TPSA) is 66.0 Å². The molecule has 0 atom stereocenters. The lowest BCUT2D eigenvalue weighted by Crippen LogP contribution is -2.23. The van der Waals surface area contributed by atoms with E-state index in [2.05, 4.69) is 75.4 Å². The van der Waals surface area contributed by atoms with Gasteiger partial charge in [0.2, 0.25) is 0 Å². The molecule has 3 heterocycles. The lowest BCUT2D eigenvalue weighted by Gasteiger charge is -2.06. The second kappa shape index (κ2) is 10.9. The smallest absolute Gasteiger partial charge is 0.0912 e. The predicted molar refractivity (Wildman–Crippen MR) is 143 cm³/mol. The van der Waals surface area contributed by atoms with Gasteiger partial charge in [0.1, 0.15) is 0 Å². The summed E-state index contributed by atoms with van der Waals surface area (Å²) in [5.74, 6) is 0. The van der Waals surface area contributed by atoms with Crippen molar-refractivity contribution in [3.05, 3.63) is 93.8 Å². The number of aryl methyl sites for hydroxylation is 1. The summed E-state index contributed by atoms with van der Waals surface area (Å²) >= 11 is 0. The van der Waals surface area contributed by atoms with E-state index in [1.54, 1.807) is 0 Å². The van der Waals surface area contributed by atoms with Crippen LogP contribution in [0.4, 0.5) is 0 Å². The van der Waals surface area contributed by atoms with Crippen molar-refractivity contribution in [2.75, 3.05) is 13.6 Å². The fraction of sp³-hybridized carbons (Fsp3) is 0.207. The summed E-state index contributed by atoms with van der Waals surface area (Å²) in [5, 5.41) is 12.7. The molecular weight excluding hydrogens is 418 g/mol. The summed E-state index contributed by atoms with van der Waals surface area (Å²) < 4.78 is 0. The van der Waals surface area contributed by atoms with Gasteiger partial charge in [0.05, 0.1) is 17.6 Å². The zero-order chi connectivity index (χ0) is 23.9. The Balaban J connectivity index is 1.68. The molecule has 0 aliphatic carbocycles. The Morgan fingerprint density at radius 3 is 2.91 bits per heavy atom. The third-order valence-corrected chi connectivity index (χ3v) is 5.95. The normalized spacial score (nSPS) is 14.7. The first kappa shape index (κ1) is 23.3. The number of pyridine rings is 1. The molecule has 0 saturated heterocycles. The lowest BCUT2D eigenvalue weighted by molar-refractivity contribution is 0.774. The van der Waals surface area contributed by atoms with Gasteiger partial charge in [0, 0.05) is 23.7 Å². The van der Waals surface area contributed by atoms with E-state index in [1.165, 1.54) is 5.57 Å². The van der Waals surface area contributed by atoms with Gasteiger partial charge in [-0.25, -0.2) is 0 Å². The Kier molecular flexibility index (Phi) is 7.45. The number of nitrogens with zero attached hydrogens (tertiary/aromatic N) is 3. The highest BCUT2D eigenvalue weighted by Crippen LogP contribution is 2.28. The van der Waals surface area contributed by atoms with Crippen LogP contribution in [0.3, 0.4) is 0 Å². The molecule has 5 nitrogen and oxygen atoms in total. The van der Waals surface area contributed by atoms with Crippen molar-refractivity contribution in [1.29, 1.82) is 0 Å². The summed E-state index contributed by atoms with van der Waals surface area (Å²) in [6.45, 7) is 9.28. The average molecular weight is 450 g/mol. The predicted octanol–water partition coefficient (Wildman–Crippen LogP) is 4.48. The molecule has 0 bridgehead atoms. The second-order valence-electron chi connectivity index (χ2n) is 8.41. The van der Waals surface area contributed by atoms with Crippen molar-refractivity contribution < 1.29 is 0 Å². The molecule has 0 unspecified atom stereocenters. The average Bonchev–Trinajstić information content (AvgIpc) is 3.22. The van der Waals surface area contributed by atoms with E-state index >= 15 is 0 Å². The molecule has 172 valence electrons. The summed E-state index contributed by atoms with van der Waals surface area (Å²) in [6.07, 6.45) is 14.3. The first-order chi connectivity index (χ1) is 16.6. The van der Waals surface area contributed by atoms with Gasteiger partial charge in [-0.05, 0) is 97.3 Å². The number of aromatic amines is 1. The van der Waals surface area contributed by atoms with E-state index in [1.807, 2.05) is 50.8 Å². The minimum absolute atomic E-state index is 0.882. The number of H-pyrrole nitrogens is 1. The minimum atomic E-state index is 0.882. The molecule has 0 radical (unpaired) electrons. The van der Waals surface area contributed by atoms with Crippen LogP contribution in [0.5, 0.6) is 0 Å². The highest BCUT2D eigenvalue weighted by molar-refractivity contribution is 5.90. The zero-order valence-corrected chi connectivity index (χ0v) is 20.1. The molecule has 5 heteroatoms. The van der Waals surface area contributed by atoms with Gasteiger partial charge in [0.15, 0.2) is 0 Å². The maximum Gasteiger partial charge on any atom is 0.0912 e. The molecule has 4 rings (SSSR count). The fourth-order valence-corrected chi connectivity index (χ4v) is 3.99. The van der Waals surface area contributed by atoms with Gasteiger partial charge < -0.3 is 5.32 Å². The van der Waals surface area contributed by atoms with Crippen molar-refractivity contribution in [3.8, 4) is 22.5 Å². The van der Waals surface area contributed by atoms with Crippen LogP contribution in [-0.2, 0) is 0 Å². The van der Waals surface area contributed by atoms with Gasteiger partial charge in [0.25, 0.3) is 0 Å². The van der Waals surface area contributed by atoms with E-state index in [4.69, 9.17) is 0 Å². The monoisotopic (exact) mass is 449 g/mol. The zero-order valence-electron chi connectivity index (χ0n) is 20.1. The SMILES string of the molecule is C=c1ccc(-c2cn[nH]c2-c2cccc(C)n2)c/c1=C/C(=C\C)C1=CCC(CCNC)=CN=C1. The Morgan fingerprint density at radius 1 is 1.24 bits per heavy atom. The van der Waals surface area contributed by atoms with E-state index in [0.717, 1.165) is 69.2 Å². The summed E-state index contributed by atoms with van der Waals surface area (Å²) in [6, 6.07) is 12.3. The molecule has 0 saturated carbocycles. The molecule has 1 aliphatic rings. The summed E-state index contributed by atoms with van der Waals surface area (Å²) in [4.78, 5) is 9.22. The first-order valence-corrected chi connectivity index (χ1v) is 11.6. The number of allylic oxidation sites excluding steroid dienone is 4. The minimum Gasteiger partial charge on any atom is -0.319 e. The number of rotatable bonds is 7. The van der Waals surface area contributed by atoms with E-state index < -0.39 is 0 Å². The largest absolute Gasteiger partial charge is 0.319 e. The molecule has 1 aliphatic heterocycles. The van der Waals surface area contributed by atoms with Crippen LogP contribution in [0.25, 0.3) is 35.2 Å². The molecule has 2 aromatic heterocycles. The maximum atomic E-state index is 4.67. The quantitative estimate of drug-likeness (QED) is 0.559.